The first-order chi connectivity index (χ1) is 13.4. The Kier molecular flexibility index (Phi) is 5.46. The van der Waals surface area contributed by atoms with Gasteiger partial charge in [0.25, 0.3) is 0 Å². The molecule has 0 aromatic heterocycles. The molecule has 0 bridgehead atoms. The van der Waals surface area contributed by atoms with Gasteiger partial charge in [-0.2, -0.15) is 4.31 Å². The van der Waals surface area contributed by atoms with Crippen LogP contribution in [0, 0.1) is 18.7 Å². The molecule has 3 fully saturated rings. The minimum atomic E-state index is -3.75. The Balaban J connectivity index is 1.43. The van der Waals surface area contributed by atoms with Crippen molar-refractivity contribution in [3.63, 3.8) is 0 Å². The Labute approximate surface area is 166 Å². The van der Waals surface area contributed by atoms with Crippen LogP contribution in [-0.4, -0.2) is 73.7 Å². The van der Waals surface area contributed by atoms with Gasteiger partial charge in [-0.25, -0.2) is 12.8 Å². The van der Waals surface area contributed by atoms with Gasteiger partial charge in [-0.05, 0) is 56.2 Å². The highest BCUT2D eigenvalue weighted by molar-refractivity contribution is 7.89. The first kappa shape index (κ1) is 19.8. The summed E-state index contributed by atoms with van der Waals surface area (Å²) in [7, 11) is -3.75. The number of amides is 1. The fourth-order valence-corrected chi connectivity index (χ4v) is 6.02. The van der Waals surface area contributed by atoms with E-state index in [0.717, 1.165) is 25.6 Å². The molecule has 2 heterocycles. The van der Waals surface area contributed by atoms with E-state index in [1.807, 2.05) is 4.90 Å². The van der Waals surface area contributed by atoms with Crippen molar-refractivity contribution in [2.45, 2.75) is 43.5 Å². The van der Waals surface area contributed by atoms with Crippen LogP contribution >= 0.6 is 0 Å². The predicted molar refractivity (Wildman–Crippen MR) is 104 cm³/mol. The predicted octanol–water partition coefficient (Wildman–Crippen LogP) is 1.84. The minimum Gasteiger partial charge on any atom is -0.341 e. The molecule has 2 aliphatic heterocycles. The number of halogens is 1. The first-order valence-corrected chi connectivity index (χ1v) is 11.6. The van der Waals surface area contributed by atoms with Crippen molar-refractivity contribution in [3.05, 3.63) is 29.6 Å². The fourth-order valence-electron chi connectivity index (χ4n) is 4.31. The van der Waals surface area contributed by atoms with Crippen molar-refractivity contribution >= 4 is 15.9 Å². The molecule has 154 valence electrons. The summed E-state index contributed by atoms with van der Waals surface area (Å²) in [5.41, 5.74) is 0.546. The second-order valence-corrected chi connectivity index (χ2v) is 10.1. The number of aryl methyl sites for hydroxylation is 1. The van der Waals surface area contributed by atoms with E-state index in [2.05, 4.69) is 4.90 Å². The van der Waals surface area contributed by atoms with Crippen LogP contribution in [0.3, 0.4) is 0 Å². The van der Waals surface area contributed by atoms with Gasteiger partial charge in [-0.1, -0.05) is 6.07 Å². The second kappa shape index (κ2) is 7.72. The number of sulfonamides is 1. The zero-order valence-electron chi connectivity index (χ0n) is 16.3. The van der Waals surface area contributed by atoms with Gasteiger partial charge < -0.3 is 4.90 Å². The summed E-state index contributed by atoms with van der Waals surface area (Å²) in [6.07, 6.45) is 3.94. The summed E-state index contributed by atoms with van der Waals surface area (Å²) in [4.78, 5) is 16.9. The summed E-state index contributed by atoms with van der Waals surface area (Å²) in [5, 5.41) is 0. The summed E-state index contributed by atoms with van der Waals surface area (Å²) in [5.74, 6) is 0.332. The van der Waals surface area contributed by atoms with E-state index in [9.17, 15) is 17.6 Å². The quantitative estimate of drug-likeness (QED) is 0.745. The molecule has 1 aliphatic carbocycles. The largest absolute Gasteiger partial charge is 0.341 e. The standard InChI is InChI=1S/C20H28FN3O3S/c1-15-3-6-17(21)13-19(15)28(26,27)24-9-2-8-22(11-12-24)18-7-10-23(20(18)25)14-16-4-5-16/h3,6,13,16,18H,2,4-5,7-12,14H2,1H3. The van der Waals surface area contributed by atoms with Crippen LogP contribution in [0.15, 0.2) is 23.1 Å². The number of rotatable bonds is 5. The molecule has 28 heavy (non-hydrogen) atoms. The number of likely N-dealkylation sites (tertiary alicyclic amines) is 1. The molecular weight excluding hydrogens is 381 g/mol. The van der Waals surface area contributed by atoms with E-state index in [1.165, 1.54) is 29.3 Å². The molecule has 3 aliphatic rings. The second-order valence-electron chi connectivity index (χ2n) is 8.24. The monoisotopic (exact) mass is 409 g/mol. The average molecular weight is 410 g/mol. The van der Waals surface area contributed by atoms with Gasteiger partial charge in [-0.15, -0.1) is 0 Å². The third-order valence-electron chi connectivity index (χ3n) is 6.14. The lowest BCUT2D eigenvalue weighted by molar-refractivity contribution is -0.132. The van der Waals surface area contributed by atoms with Gasteiger partial charge in [0.15, 0.2) is 0 Å². The van der Waals surface area contributed by atoms with Gasteiger partial charge in [-0.3, -0.25) is 9.69 Å². The topological polar surface area (TPSA) is 60.9 Å². The molecule has 6 nitrogen and oxygen atoms in total. The minimum absolute atomic E-state index is 0.0356. The summed E-state index contributed by atoms with van der Waals surface area (Å²) in [6.45, 7) is 5.32. The molecule has 1 amide bonds. The average Bonchev–Trinajstić information content (AvgIpc) is 3.44. The molecule has 4 rings (SSSR count). The zero-order valence-corrected chi connectivity index (χ0v) is 17.1. The van der Waals surface area contributed by atoms with Gasteiger partial charge in [0, 0.05) is 39.3 Å². The summed E-state index contributed by atoms with van der Waals surface area (Å²) in [6, 6.07) is 3.75. The summed E-state index contributed by atoms with van der Waals surface area (Å²) >= 11 is 0. The van der Waals surface area contributed by atoms with Gasteiger partial charge in [0.2, 0.25) is 15.9 Å². The van der Waals surface area contributed by atoms with Crippen molar-refractivity contribution in [1.82, 2.24) is 14.1 Å². The fraction of sp³-hybridized carbons (Fsp3) is 0.650. The maximum absolute atomic E-state index is 13.6. The third kappa shape index (κ3) is 3.95. The number of carbonyl (C=O) groups is 1. The van der Waals surface area contributed by atoms with Crippen molar-refractivity contribution in [2.75, 3.05) is 39.3 Å². The number of nitrogens with zero attached hydrogens (tertiary/aromatic N) is 3. The normalized spacial score (nSPS) is 25.3. The number of hydrogen-bond acceptors (Lipinski definition) is 4. The van der Waals surface area contributed by atoms with Crippen molar-refractivity contribution in [3.8, 4) is 0 Å². The molecule has 1 aromatic rings. The summed E-state index contributed by atoms with van der Waals surface area (Å²) < 4.78 is 41.2. The SMILES string of the molecule is Cc1ccc(F)cc1S(=O)(=O)N1CCCN(C2CCN(CC3CC3)C2=O)CC1. The molecule has 1 aromatic carbocycles. The lowest BCUT2D eigenvalue weighted by Gasteiger charge is -2.26. The number of carbonyl (C=O) groups excluding carboxylic acids is 1. The smallest absolute Gasteiger partial charge is 0.243 e. The molecule has 0 radical (unpaired) electrons. The van der Waals surface area contributed by atoms with E-state index in [1.54, 1.807) is 6.92 Å². The van der Waals surface area contributed by atoms with Crippen molar-refractivity contribution in [1.29, 1.82) is 0 Å². The number of hydrogen-bond donors (Lipinski definition) is 0. The van der Waals surface area contributed by atoms with E-state index >= 15 is 0 Å². The molecule has 1 saturated carbocycles. The molecule has 8 heteroatoms. The van der Waals surface area contributed by atoms with Gasteiger partial charge in [0.1, 0.15) is 5.82 Å². The molecule has 0 N–H and O–H groups in total. The Morgan fingerprint density at radius 1 is 1.07 bits per heavy atom. The highest BCUT2D eigenvalue weighted by atomic mass is 32.2. The Bertz CT molecular complexity index is 856. The highest BCUT2D eigenvalue weighted by Gasteiger charge is 2.39. The first-order valence-electron chi connectivity index (χ1n) is 10.2. The maximum atomic E-state index is 13.6. The number of benzene rings is 1. The van der Waals surface area contributed by atoms with Crippen LogP contribution in [0.25, 0.3) is 0 Å². The molecule has 2 saturated heterocycles. The van der Waals surface area contributed by atoms with E-state index in [0.29, 0.717) is 44.1 Å². The van der Waals surface area contributed by atoms with Crippen LogP contribution in [0.1, 0.15) is 31.2 Å². The highest BCUT2D eigenvalue weighted by Crippen LogP contribution is 2.32. The van der Waals surface area contributed by atoms with Crippen LogP contribution in [0.4, 0.5) is 4.39 Å². The Morgan fingerprint density at radius 2 is 1.86 bits per heavy atom. The molecule has 1 unspecified atom stereocenters. The van der Waals surface area contributed by atoms with Crippen LogP contribution in [-0.2, 0) is 14.8 Å². The molecule has 1 atom stereocenters. The maximum Gasteiger partial charge on any atom is 0.243 e. The Hall–Kier alpha value is -1.51. The lowest BCUT2D eigenvalue weighted by atomic mass is 10.2. The van der Waals surface area contributed by atoms with Crippen LogP contribution in [0.2, 0.25) is 0 Å². The van der Waals surface area contributed by atoms with Crippen molar-refractivity contribution in [2.24, 2.45) is 5.92 Å². The zero-order chi connectivity index (χ0) is 19.9. The van der Waals surface area contributed by atoms with Gasteiger partial charge in [0.05, 0.1) is 10.9 Å². The van der Waals surface area contributed by atoms with Crippen LogP contribution < -0.4 is 0 Å². The Morgan fingerprint density at radius 3 is 2.61 bits per heavy atom. The van der Waals surface area contributed by atoms with E-state index in [-0.39, 0.29) is 16.8 Å². The van der Waals surface area contributed by atoms with E-state index in [4.69, 9.17) is 0 Å². The molecular formula is C20H28FN3O3S. The van der Waals surface area contributed by atoms with Crippen LogP contribution in [0.5, 0.6) is 0 Å². The van der Waals surface area contributed by atoms with Crippen molar-refractivity contribution < 1.29 is 17.6 Å². The third-order valence-corrected chi connectivity index (χ3v) is 8.18. The van der Waals surface area contributed by atoms with E-state index < -0.39 is 15.8 Å². The molecule has 0 spiro atoms. The lowest BCUT2D eigenvalue weighted by Crippen LogP contribution is -2.44. The van der Waals surface area contributed by atoms with Gasteiger partial charge >= 0.3 is 0 Å².